The van der Waals surface area contributed by atoms with Crippen LogP contribution >= 0.6 is 11.3 Å². The van der Waals surface area contributed by atoms with Gasteiger partial charge in [-0.05, 0) is 37.0 Å². The number of benzene rings is 2. The van der Waals surface area contributed by atoms with Crippen LogP contribution in [0.15, 0.2) is 54.6 Å². The molecule has 3 rings (SSSR count). The van der Waals surface area contributed by atoms with Crippen LogP contribution in [-0.2, 0) is 0 Å². The van der Waals surface area contributed by atoms with Crippen LogP contribution in [-0.4, -0.2) is 10.9 Å². The average Bonchev–Trinajstić information content (AvgIpc) is 3.04. The SMILES string of the molecule is CC[C@H](C)c1ccc(NC(=O)c2sc(-c3ccccc3)nc2C)cc1. The molecule has 4 heteroatoms. The Balaban J connectivity index is 1.76. The maximum absolute atomic E-state index is 12.6. The zero-order chi connectivity index (χ0) is 17.8. The number of nitrogens with zero attached hydrogens (tertiary/aromatic N) is 1. The number of carbonyl (C=O) groups excluding carboxylic acids is 1. The summed E-state index contributed by atoms with van der Waals surface area (Å²) in [6, 6.07) is 18.0. The lowest BCUT2D eigenvalue weighted by molar-refractivity contribution is 0.103. The Hall–Kier alpha value is -2.46. The van der Waals surface area contributed by atoms with Gasteiger partial charge in [0.1, 0.15) is 9.88 Å². The highest BCUT2D eigenvalue weighted by atomic mass is 32.1. The first-order valence-electron chi connectivity index (χ1n) is 8.52. The molecule has 3 aromatic rings. The van der Waals surface area contributed by atoms with Crippen LogP contribution in [0.3, 0.4) is 0 Å². The van der Waals surface area contributed by atoms with Gasteiger partial charge < -0.3 is 5.32 Å². The number of aryl methyl sites for hydroxylation is 1. The van der Waals surface area contributed by atoms with Crippen LogP contribution in [0.25, 0.3) is 10.6 Å². The van der Waals surface area contributed by atoms with Crippen LogP contribution in [0.2, 0.25) is 0 Å². The summed E-state index contributed by atoms with van der Waals surface area (Å²) >= 11 is 1.43. The Morgan fingerprint density at radius 1 is 1.12 bits per heavy atom. The standard InChI is InChI=1S/C21H22N2OS/c1-4-14(2)16-10-12-18(13-11-16)23-20(24)19-15(3)22-21(25-19)17-8-6-5-7-9-17/h5-14H,4H2,1-3H3,(H,23,24)/t14-/m0/s1. The molecule has 2 aromatic carbocycles. The van der Waals surface area contributed by atoms with E-state index in [1.807, 2.05) is 49.4 Å². The molecule has 0 radical (unpaired) electrons. The van der Waals surface area contributed by atoms with Crippen molar-refractivity contribution in [2.24, 2.45) is 0 Å². The molecular weight excluding hydrogens is 328 g/mol. The number of aromatic nitrogens is 1. The second-order valence-electron chi connectivity index (χ2n) is 6.19. The van der Waals surface area contributed by atoms with E-state index < -0.39 is 0 Å². The molecule has 0 spiro atoms. The molecule has 1 atom stereocenters. The summed E-state index contributed by atoms with van der Waals surface area (Å²) < 4.78 is 0. The summed E-state index contributed by atoms with van der Waals surface area (Å²) in [6.07, 6.45) is 1.11. The highest BCUT2D eigenvalue weighted by molar-refractivity contribution is 7.17. The maximum atomic E-state index is 12.6. The van der Waals surface area contributed by atoms with Crippen LogP contribution in [0.4, 0.5) is 5.69 Å². The van der Waals surface area contributed by atoms with Gasteiger partial charge in [-0.15, -0.1) is 11.3 Å². The number of hydrogen-bond donors (Lipinski definition) is 1. The van der Waals surface area contributed by atoms with Crippen LogP contribution < -0.4 is 5.32 Å². The fourth-order valence-electron chi connectivity index (χ4n) is 2.63. The van der Waals surface area contributed by atoms with E-state index in [2.05, 4.69) is 36.3 Å². The van der Waals surface area contributed by atoms with E-state index in [0.717, 1.165) is 28.4 Å². The molecule has 0 aliphatic carbocycles. The fraction of sp³-hybridized carbons (Fsp3) is 0.238. The molecule has 3 nitrogen and oxygen atoms in total. The zero-order valence-corrected chi connectivity index (χ0v) is 15.6. The van der Waals surface area contributed by atoms with Gasteiger partial charge in [0.15, 0.2) is 0 Å². The number of amides is 1. The van der Waals surface area contributed by atoms with Gasteiger partial charge in [0.25, 0.3) is 5.91 Å². The lowest BCUT2D eigenvalue weighted by atomic mass is 9.99. The summed E-state index contributed by atoms with van der Waals surface area (Å²) in [5.74, 6) is 0.426. The Morgan fingerprint density at radius 3 is 2.44 bits per heavy atom. The predicted octanol–water partition coefficient (Wildman–Crippen LogP) is 5.88. The van der Waals surface area contributed by atoms with E-state index in [-0.39, 0.29) is 5.91 Å². The van der Waals surface area contributed by atoms with Crippen molar-refractivity contribution in [2.45, 2.75) is 33.1 Å². The number of anilines is 1. The smallest absolute Gasteiger partial charge is 0.267 e. The first-order valence-corrected chi connectivity index (χ1v) is 9.34. The maximum Gasteiger partial charge on any atom is 0.267 e. The van der Waals surface area contributed by atoms with Crippen molar-refractivity contribution in [3.05, 3.63) is 70.7 Å². The molecule has 1 amide bonds. The fourth-order valence-corrected chi connectivity index (χ4v) is 3.60. The van der Waals surface area contributed by atoms with E-state index in [0.29, 0.717) is 10.8 Å². The molecule has 1 aromatic heterocycles. The number of rotatable bonds is 5. The molecule has 1 N–H and O–H groups in total. The predicted molar refractivity (Wildman–Crippen MR) is 105 cm³/mol. The Bertz CT molecular complexity index is 853. The number of hydrogen-bond acceptors (Lipinski definition) is 3. The number of nitrogens with one attached hydrogen (secondary N) is 1. The third-order valence-electron chi connectivity index (χ3n) is 4.37. The quantitative estimate of drug-likeness (QED) is 0.624. The first kappa shape index (κ1) is 17.4. The summed E-state index contributed by atoms with van der Waals surface area (Å²) in [5, 5.41) is 3.85. The van der Waals surface area contributed by atoms with Crippen molar-refractivity contribution < 1.29 is 4.79 Å². The lowest BCUT2D eigenvalue weighted by Crippen LogP contribution is -2.11. The van der Waals surface area contributed by atoms with Gasteiger partial charge in [-0.1, -0.05) is 56.3 Å². The summed E-state index contributed by atoms with van der Waals surface area (Å²) in [7, 11) is 0. The van der Waals surface area contributed by atoms with Crippen molar-refractivity contribution in [3.63, 3.8) is 0 Å². The minimum Gasteiger partial charge on any atom is -0.321 e. The molecular formula is C21H22N2OS. The number of carbonyl (C=O) groups is 1. The minimum absolute atomic E-state index is 0.103. The highest BCUT2D eigenvalue weighted by Gasteiger charge is 2.16. The minimum atomic E-state index is -0.103. The normalized spacial score (nSPS) is 12.0. The van der Waals surface area contributed by atoms with Crippen molar-refractivity contribution in [1.82, 2.24) is 4.98 Å². The third kappa shape index (κ3) is 3.97. The Kier molecular flexibility index (Phi) is 5.29. The average molecular weight is 350 g/mol. The third-order valence-corrected chi connectivity index (χ3v) is 5.58. The molecule has 0 saturated heterocycles. The van der Waals surface area contributed by atoms with E-state index in [9.17, 15) is 4.79 Å². The molecule has 1 heterocycles. The van der Waals surface area contributed by atoms with Gasteiger partial charge in [-0.25, -0.2) is 4.98 Å². The topological polar surface area (TPSA) is 42.0 Å². The second kappa shape index (κ2) is 7.62. The Labute approximate surface area is 152 Å². The molecule has 128 valence electrons. The van der Waals surface area contributed by atoms with Gasteiger partial charge in [0.05, 0.1) is 5.69 Å². The molecule has 25 heavy (non-hydrogen) atoms. The highest BCUT2D eigenvalue weighted by Crippen LogP contribution is 2.28. The van der Waals surface area contributed by atoms with E-state index in [1.54, 1.807) is 0 Å². The van der Waals surface area contributed by atoms with E-state index >= 15 is 0 Å². The molecule has 0 unspecified atom stereocenters. The van der Waals surface area contributed by atoms with Crippen molar-refractivity contribution in [3.8, 4) is 10.6 Å². The van der Waals surface area contributed by atoms with Gasteiger partial charge >= 0.3 is 0 Å². The van der Waals surface area contributed by atoms with Gasteiger partial charge in [-0.3, -0.25) is 4.79 Å². The molecule has 0 saturated carbocycles. The van der Waals surface area contributed by atoms with Gasteiger partial charge in [0, 0.05) is 11.3 Å². The lowest BCUT2D eigenvalue weighted by Gasteiger charge is -2.10. The van der Waals surface area contributed by atoms with Crippen molar-refractivity contribution >= 4 is 22.9 Å². The van der Waals surface area contributed by atoms with Crippen LogP contribution in [0.5, 0.6) is 0 Å². The number of thiazole rings is 1. The second-order valence-corrected chi connectivity index (χ2v) is 7.18. The molecule has 0 fully saturated rings. The molecule has 0 aliphatic rings. The molecule has 0 bridgehead atoms. The monoisotopic (exact) mass is 350 g/mol. The zero-order valence-electron chi connectivity index (χ0n) is 14.7. The van der Waals surface area contributed by atoms with Gasteiger partial charge in [-0.2, -0.15) is 0 Å². The van der Waals surface area contributed by atoms with E-state index in [1.165, 1.54) is 16.9 Å². The van der Waals surface area contributed by atoms with E-state index in [4.69, 9.17) is 0 Å². The summed E-state index contributed by atoms with van der Waals surface area (Å²) in [4.78, 5) is 17.8. The summed E-state index contributed by atoms with van der Waals surface area (Å²) in [6.45, 7) is 6.26. The summed E-state index contributed by atoms with van der Waals surface area (Å²) in [5.41, 5.74) is 3.90. The molecule has 0 aliphatic heterocycles. The van der Waals surface area contributed by atoms with Crippen LogP contribution in [0, 0.1) is 6.92 Å². The van der Waals surface area contributed by atoms with Gasteiger partial charge in [0.2, 0.25) is 0 Å². The first-order chi connectivity index (χ1) is 12.1. The van der Waals surface area contributed by atoms with Crippen LogP contribution in [0.1, 0.15) is 47.1 Å². The largest absolute Gasteiger partial charge is 0.321 e. The Morgan fingerprint density at radius 2 is 1.80 bits per heavy atom. The van der Waals surface area contributed by atoms with Crippen molar-refractivity contribution in [1.29, 1.82) is 0 Å². The van der Waals surface area contributed by atoms with Crippen molar-refractivity contribution in [2.75, 3.05) is 5.32 Å².